The third-order valence-electron chi connectivity index (χ3n) is 7.15. The Morgan fingerprint density at radius 1 is 1.28 bits per heavy atom. The molecule has 1 saturated heterocycles. The number of amides is 1. The minimum atomic E-state index is -0.741. The highest BCUT2D eigenvalue weighted by atomic mass is 16.6. The lowest BCUT2D eigenvalue weighted by Crippen LogP contribution is -2.50. The number of carbonyl (C=O) groups is 1. The van der Waals surface area contributed by atoms with Crippen molar-refractivity contribution in [3.05, 3.63) is 57.8 Å². The first-order valence-corrected chi connectivity index (χ1v) is 13.5. The van der Waals surface area contributed by atoms with E-state index in [4.69, 9.17) is 9.72 Å². The third kappa shape index (κ3) is 6.30. The largest absolute Gasteiger partial charge is 0.443 e. The molecular weight excluding hydrogens is 498 g/mol. The van der Waals surface area contributed by atoms with E-state index in [-0.39, 0.29) is 23.8 Å². The number of nitro benzene ring substituents is 1. The Kier molecular flexibility index (Phi) is 6.96. The van der Waals surface area contributed by atoms with Crippen molar-refractivity contribution >= 4 is 29.1 Å². The van der Waals surface area contributed by atoms with Crippen molar-refractivity contribution in [2.75, 3.05) is 16.8 Å². The van der Waals surface area contributed by atoms with Gasteiger partial charge in [0.05, 0.1) is 17.7 Å². The van der Waals surface area contributed by atoms with Gasteiger partial charge in [0.25, 0.3) is 5.69 Å². The van der Waals surface area contributed by atoms with Crippen molar-refractivity contribution in [1.82, 2.24) is 19.9 Å². The van der Waals surface area contributed by atoms with Gasteiger partial charge in [-0.1, -0.05) is 12.1 Å². The number of non-ortho nitro benzene ring substituents is 1. The molecule has 0 unspecified atom stereocenters. The Bertz CT molecular complexity index is 1380. The summed E-state index contributed by atoms with van der Waals surface area (Å²) in [7, 11) is 0. The van der Waals surface area contributed by atoms with E-state index in [2.05, 4.69) is 29.6 Å². The van der Waals surface area contributed by atoms with Crippen molar-refractivity contribution in [2.45, 2.75) is 89.9 Å². The second-order valence-electron chi connectivity index (χ2n) is 12.2. The molecule has 208 valence electrons. The van der Waals surface area contributed by atoms with Gasteiger partial charge in [-0.3, -0.25) is 15.0 Å². The molecule has 11 heteroatoms. The summed E-state index contributed by atoms with van der Waals surface area (Å²) >= 11 is 0. The van der Waals surface area contributed by atoms with Gasteiger partial charge >= 0.3 is 6.09 Å². The number of benzene rings is 1. The standard InChI is InChI=1S/C28H37N7O4/c1-27(2,3)39-26(36)33(17-18-7-6-8-21(13-18)35(37)38)24-14-23(31-20-11-12-28(4,5)29-15-20)32-25-22(19-9-10-19)16-30-34(24)25/h6-8,13-14,16,19-20,29H,9-12,15,17H2,1-5H3,(H,31,32)/t20-/m0/s1. The summed E-state index contributed by atoms with van der Waals surface area (Å²) in [6.45, 7) is 10.7. The molecule has 2 aliphatic rings. The molecular formula is C28H37N7O4. The van der Waals surface area contributed by atoms with Gasteiger partial charge in [0.15, 0.2) is 5.65 Å². The molecule has 2 aromatic heterocycles. The quantitative estimate of drug-likeness (QED) is 0.304. The molecule has 1 aliphatic heterocycles. The first-order chi connectivity index (χ1) is 18.4. The SMILES string of the molecule is CC1(C)CC[C@H](Nc2cc(N(Cc3cccc([N+](=O)[O-])c3)C(=O)OC(C)(C)C)n3ncc(C4CC4)c3n2)CN1. The van der Waals surface area contributed by atoms with E-state index in [9.17, 15) is 14.9 Å². The predicted octanol–water partition coefficient (Wildman–Crippen LogP) is 5.40. The Hall–Kier alpha value is -3.73. The van der Waals surface area contributed by atoms with E-state index in [1.54, 1.807) is 16.6 Å². The van der Waals surface area contributed by atoms with Crippen LogP contribution in [0.4, 0.5) is 22.1 Å². The number of aromatic nitrogens is 3. The molecule has 1 aliphatic carbocycles. The van der Waals surface area contributed by atoms with Crippen LogP contribution in [0.25, 0.3) is 5.65 Å². The highest BCUT2D eigenvalue weighted by molar-refractivity contribution is 5.88. The van der Waals surface area contributed by atoms with E-state index in [0.717, 1.165) is 37.8 Å². The molecule has 3 aromatic rings. The number of fused-ring (bicyclic) bond motifs is 1. The van der Waals surface area contributed by atoms with E-state index < -0.39 is 16.6 Å². The Morgan fingerprint density at radius 2 is 2.05 bits per heavy atom. The second kappa shape index (κ2) is 10.1. The van der Waals surface area contributed by atoms with Gasteiger partial charge < -0.3 is 15.4 Å². The van der Waals surface area contributed by atoms with Crippen LogP contribution in [0.1, 0.15) is 77.3 Å². The number of piperidine rings is 1. The van der Waals surface area contributed by atoms with Crippen LogP contribution in [-0.4, -0.2) is 49.3 Å². The molecule has 5 rings (SSSR count). The molecule has 1 amide bonds. The maximum absolute atomic E-state index is 13.6. The molecule has 2 fully saturated rings. The number of nitrogens with zero attached hydrogens (tertiary/aromatic N) is 5. The van der Waals surface area contributed by atoms with Crippen molar-refractivity contribution in [3.8, 4) is 0 Å². The number of nitrogens with one attached hydrogen (secondary N) is 2. The molecule has 0 spiro atoms. The van der Waals surface area contributed by atoms with Crippen LogP contribution in [0.15, 0.2) is 36.5 Å². The summed E-state index contributed by atoms with van der Waals surface area (Å²) in [6.07, 6.45) is 5.44. The minimum Gasteiger partial charge on any atom is -0.443 e. The molecule has 1 atom stereocenters. The summed E-state index contributed by atoms with van der Waals surface area (Å²) in [5.74, 6) is 1.54. The van der Waals surface area contributed by atoms with Gasteiger partial charge in [0.1, 0.15) is 17.2 Å². The first kappa shape index (κ1) is 26.9. The molecule has 11 nitrogen and oxygen atoms in total. The van der Waals surface area contributed by atoms with Gasteiger partial charge in [0.2, 0.25) is 0 Å². The predicted molar refractivity (Wildman–Crippen MR) is 149 cm³/mol. The second-order valence-corrected chi connectivity index (χ2v) is 12.2. The maximum atomic E-state index is 13.6. The van der Waals surface area contributed by atoms with Crippen LogP contribution < -0.4 is 15.5 Å². The molecule has 0 bridgehead atoms. The Labute approximate surface area is 228 Å². The van der Waals surface area contributed by atoms with E-state index in [0.29, 0.717) is 28.8 Å². The van der Waals surface area contributed by atoms with Crippen LogP contribution >= 0.6 is 0 Å². The fourth-order valence-electron chi connectivity index (χ4n) is 4.88. The third-order valence-corrected chi connectivity index (χ3v) is 7.15. The van der Waals surface area contributed by atoms with E-state index in [1.807, 2.05) is 33.0 Å². The zero-order valence-corrected chi connectivity index (χ0v) is 23.2. The number of anilines is 2. The van der Waals surface area contributed by atoms with Crippen molar-refractivity contribution in [3.63, 3.8) is 0 Å². The van der Waals surface area contributed by atoms with Crippen molar-refractivity contribution in [1.29, 1.82) is 0 Å². The smallest absolute Gasteiger partial charge is 0.416 e. The van der Waals surface area contributed by atoms with Gasteiger partial charge in [-0.2, -0.15) is 9.61 Å². The highest BCUT2D eigenvalue weighted by Gasteiger charge is 2.32. The number of ether oxygens (including phenoxy) is 1. The zero-order valence-electron chi connectivity index (χ0n) is 23.2. The number of hydrogen-bond acceptors (Lipinski definition) is 8. The summed E-state index contributed by atoms with van der Waals surface area (Å²) < 4.78 is 7.48. The maximum Gasteiger partial charge on any atom is 0.416 e. The van der Waals surface area contributed by atoms with Gasteiger partial charge in [-0.25, -0.2) is 9.78 Å². The van der Waals surface area contributed by atoms with Gasteiger partial charge in [-0.05, 0) is 71.8 Å². The normalized spacial score (nSPS) is 19.1. The van der Waals surface area contributed by atoms with Crippen LogP contribution in [0.3, 0.4) is 0 Å². The van der Waals surface area contributed by atoms with E-state index >= 15 is 0 Å². The Morgan fingerprint density at radius 3 is 2.69 bits per heavy atom. The molecule has 3 heterocycles. The lowest BCUT2D eigenvalue weighted by molar-refractivity contribution is -0.384. The first-order valence-electron chi connectivity index (χ1n) is 13.5. The zero-order chi connectivity index (χ0) is 27.9. The van der Waals surface area contributed by atoms with Gasteiger partial charge in [0, 0.05) is 41.9 Å². The fourth-order valence-corrected chi connectivity index (χ4v) is 4.88. The number of nitro groups is 1. The monoisotopic (exact) mass is 535 g/mol. The summed E-state index contributed by atoms with van der Waals surface area (Å²) in [6, 6.07) is 8.28. The summed E-state index contributed by atoms with van der Waals surface area (Å²) in [4.78, 5) is 31.0. The Balaban J connectivity index is 1.57. The van der Waals surface area contributed by atoms with Crippen molar-refractivity contribution < 1.29 is 14.5 Å². The number of hydrogen-bond donors (Lipinski definition) is 2. The average Bonchev–Trinajstić information content (AvgIpc) is 3.61. The highest BCUT2D eigenvalue weighted by Crippen LogP contribution is 2.42. The lowest BCUT2D eigenvalue weighted by Gasteiger charge is -2.36. The minimum absolute atomic E-state index is 0.0401. The van der Waals surface area contributed by atoms with Crippen LogP contribution in [-0.2, 0) is 11.3 Å². The molecule has 2 N–H and O–H groups in total. The topological polar surface area (TPSA) is 127 Å². The molecule has 0 radical (unpaired) electrons. The van der Waals surface area contributed by atoms with Crippen LogP contribution in [0.2, 0.25) is 0 Å². The van der Waals surface area contributed by atoms with Crippen molar-refractivity contribution in [2.24, 2.45) is 0 Å². The molecule has 39 heavy (non-hydrogen) atoms. The number of carbonyl (C=O) groups excluding carboxylic acids is 1. The van der Waals surface area contributed by atoms with Gasteiger partial charge in [-0.15, -0.1) is 0 Å². The molecule has 1 aromatic carbocycles. The summed E-state index contributed by atoms with van der Waals surface area (Å²) in [5.41, 5.74) is 1.67. The lowest BCUT2D eigenvalue weighted by atomic mass is 9.91. The number of rotatable bonds is 7. The van der Waals surface area contributed by atoms with Crippen LogP contribution in [0, 0.1) is 10.1 Å². The fraction of sp³-hybridized carbons (Fsp3) is 0.536. The molecule has 1 saturated carbocycles. The average molecular weight is 536 g/mol. The van der Waals surface area contributed by atoms with Crippen LogP contribution in [0.5, 0.6) is 0 Å². The summed E-state index contributed by atoms with van der Waals surface area (Å²) in [5, 5.41) is 23.2. The van der Waals surface area contributed by atoms with E-state index in [1.165, 1.54) is 17.0 Å².